The molecule has 136 valence electrons. The fourth-order valence-corrected chi connectivity index (χ4v) is 3.73. The third-order valence-corrected chi connectivity index (χ3v) is 5.39. The lowest BCUT2D eigenvalue weighted by Gasteiger charge is -2.07. The minimum Gasteiger partial charge on any atom is -0.451 e. The van der Waals surface area contributed by atoms with Crippen molar-refractivity contribution in [3.8, 4) is 0 Å². The number of rotatable bonds is 4. The Morgan fingerprint density at radius 2 is 1.89 bits per heavy atom. The smallest absolute Gasteiger partial charge is 0.234 e. The molecule has 0 aliphatic carbocycles. The number of aromatic nitrogens is 2. The van der Waals surface area contributed by atoms with Gasteiger partial charge in [-0.15, -0.1) is 0 Å². The molecule has 0 spiro atoms. The van der Waals surface area contributed by atoms with Crippen LogP contribution in [-0.2, 0) is 4.79 Å². The summed E-state index contributed by atoms with van der Waals surface area (Å²) in [4.78, 5) is 21.4. The maximum absolute atomic E-state index is 12.4. The van der Waals surface area contributed by atoms with Crippen LogP contribution in [0.1, 0.15) is 17.0 Å². The molecule has 0 saturated heterocycles. The lowest BCUT2D eigenvalue weighted by molar-refractivity contribution is -0.113. The molecular weight excluding hydrogens is 358 g/mol. The quantitative estimate of drug-likeness (QED) is 0.399. The first-order valence-electron chi connectivity index (χ1n) is 8.67. The van der Waals surface area contributed by atoms with Gasteiger partial charge in [0.25, 0.3) is 0 Å². The van der Waals surface area contributed by atoms with Crippen LogP contribution in [0.5, 0.6) is 0 Å². The van der Waals surface area contributed by atoms with Gasteiger partial charge in [0, 0.05) is 11.1 Å². The summed E-state index contributed by atoms with van der Waals surface area (Å²) in [7, 11) is 0. The molecular formula is C21H19N3O2S. The molecule has 2 aromatic carbocycles. The van der Waals surface area contributed by atoms with E-state index in [1.807, 2.05) is 63.2 Å². The Morgan fingerprint density at radius 1 is 1.07 bits per heavy atom. The average molecular weight is 377 g/mol. The van der Waals surface area contributed by atoms with Gasteiger partial charge < -0.3 is 9.73 Å². The Hall–Kier alpha value is -2.86. The normalized spacial score (nSPS) is 11.2. The molecule has 0 unspecified atom stereocenters. The standard InChI is InChI=1S/C21H19N3O2S/c1-12-8-9-15(10-13(12)2)24-18(25)11-27-21-20-19(22-14(3)23-21)16-6-4-5-7-17(16)26-20/h4-10H,11H2,1-3H3,(H,24,25). The number of thioether (sulfide) groups is 1. The van der Waals surface area contributed by atoms with Crippen molar-refractivity contribution in [1.29, 1.82) is 0 Å². The van der Waals surface area contributed by atoms with Gasteiger partial charge in [-0.05, 0) is 56.2 Å². The molecule has 1 amide bonds. The first-order chi connectivity index (χ1) is 13.0. The number of carbonyl (C=O) groups is 1. The number of anilines is 1. The van der Waals surface area contributed by atoms with E-state index < -0.39 is 0 Å². The molecule has 1 N–H and O–H groups in total. The zero-order valence-corrected chi connectivity index (χ0v) is 16.2. The highest BCUT2D eigenvalue weighted by atomic mass is 32.2. The average Bonchev–Trinajstić information content (AvgIpc) is 3.01. The van der Waals surface area contributed by atoms with Crippen LogP contribution in [-0.4, -0.2) is 21.6 Å². The molecule has 0 radical (unpaired) electrons. The Labute approximate surface area is 161 Å². The highest BCUT2D eigenvalue weighted by molar-refractivity contribution is 8.00. The first kappa shape index (κ1) is 17.5. The van der Waals surface area contributed by atoms with Crippen molar-refractivity contribution >= 4 is 45.4 Å². The van der Waals surface area contributed by atoms with Crippen LogP contribution >= 0.6 is 11.8 Å². The van der Waals surface area contributed by atoms with Crippen molar-refractivity contribution < 1.29 is 9.21 Å². The van der Waals surface area contributed by atoms with Crippen LogP contribution in [0, 0.1) is 20.8 Å². The Kier molecular flexibility index (Phi) is 4.58. The highest BCUT2D eigenvalue weighted by Crippen LogP contribution is 2.33. The van der Waals surface area contributed by atoms with Gasteiger partial charge >= 0.3 is 0 Å². The summed E-state index contributed by atoms with van der Waals surface area (Å²) < 4.78 is 5.94. The minimum absolute atomic E-state index is 0.0798. The number of carbonyl (C=O) groups excluding carboxylic acids is 1. The van der Waals surface area contributed by atoms with Gasteiger partial charge in [-0.2, -0.15) is 0 Å². The summed E-state index contributed by atoms with van der Waals surface area (Å²) in [5.74, 6) is 0.824. The SMILES string of the molecule is Cc1nc(SCC(=O)Nc2ccc(C)c(C)c2)c2oc3ccccc3c2n1. The molecule has 0 atom stereocenters. The third-order valence-electron chi connectivity index (χ3n) is 4.43. The van der Waals surface area contributed by atoms with Crippen molar-refractivity contribution in [3.05, 3.63) is 59.4 Å². The van der Waals surface area contributed by atoms with Crippen LogP contribution < -0.4 is 5.32 Å². The van der Waals surface area contributed by atoms with Gasteiger partial charge in [-0.3, -0.25) is 4.79 Å². The van der Waals surface area contributed by atoms with Crippen LogP contribution in [0.15, 0.2) is 51.9 Å². The van der Waals surface area contributed by atoms with E-state index in [2.05, 4.69) is 15.3 Å². The molecule has 0 fully saturated rings. The number of furan rings is 1. The number of hydrogen-bond donors (Lipinski definition) is 1. The zero-order chi connectivity index (χ0) is 19.0. The number of para-hydroxylation sites is 1. The van der Waals surface area contributed by atoms with E-state index in [-0.39, 0.29) is 11.7 Å². The van der Waals surface area contributed by atoms with Gasteiger partial charge in [0.05, 0.1) is 5.75 Å². The fourth-order valence-electron chi connectivity index (χ4n) is 2.92. The molecule has 6 heteroatoms. The zero-order valence-electron chi connectivity index (χ0n) is 15.4. The first-order valence-corrected chi connectivity index (χ1v) is 9.65. The summed E-state index contributed by atoms with van der Waals surface area (Å²) >= 11 is 1.36. The summed E-state index contributed by atoms with van der Waals surface area (Å²) in [5, 5.41) is 4.58. The number of hydrogen-bond acceptors (Lipinski definition) is 5. The van der Waals surface area contributed by atoms with Gasteiger partial charge in [0.15, 0.2) is 5.58 Å². The number of benzene rings is 2. The van der Waals surface area contributed by atoms with Crippen LogP contribution in [0.3, 0.4) is 0 Å². The summed E-state index contributed by atoms with van der Waals surface area (Å²) in [6.45, 7) is 5.93. The van der Waals surface area contributed by atoms with Gasteiger partial charge in [0.1, 0.15) is 22.0 Å². The van der Waals surface area contributed by atoms with E-state index in [1.54, 1.807) is 0 Å². The second-order valence-corrected chi connectivity index (χ2v) is 7.45. The summed E-state index contributed by atoms with van der Waals surface area (Å²) in [6, 6.07) is 13.7. The van der Waals surface area contributed by atoms with Crippen molar-refractivity contribution in [3.63, 3.8) is 0 Å². The van der Waals surface area contributed by atoms with E-state index in [4.69, 9.17) is 4.42 Å². The van der Waals surface area contributed by atoms with Gasteiger partial charge in [-0.25, -0.2) is 9.97 Å². The second-order valence-electron chi connectivity index (χ2n) is 6.49. The highest BCUT2D eigenvalue weighted by Gasteiger charge is 2.16. The predicted molar refractivity (Wildman–Crippen MR) is 109 cm³/mol. The maximum Gasteiger partial charge on any atom is 0.234 e. The Balaban J connectivity index is 1.56. The number of nitrogens with zero attached hydrogens (tertiary/aromatic N) is 2. The topological polar surface area (TPSA) is 68.0 Å². The lowest BCUT2D eigenvalue weighted by atomic mass is 10.1. The molecule has 2 heterocycles. The van der Waals surface area contributed by atoms with E-state index in [1.165, 1.54) is 17.3 Å². The lowest BCUT2D eigenvalue weighted by Crippen LogP contribution is -2.14. The molecule has 0 bridgehead atoms. The van der Waals surface area contributed by atoms with Crippen LogP contribution in [0.25, 0.3) is 22.1 Å². The largest absolute Gasteiger partial charge is 0.451 e. The van der Waals surface area contributed by atoms with Crippen LogP contribution in [0.4, 0.5) is 5.69 Å². The summed E-state index contributed by atoms with van der Waals surface area (Å²) in [6.07, 6.45) is 0. The van der Waals surface area contributed by atoms with E-state index >= 15 is 0 Å². The second kappa shape index (κ2) is 7.04. The number of amides is 1. The molecule has 0 aliphatic heterocycles. The van der Waals surface area contributed by atoms with Gasteiger partial charge in [0.2, 0.25) is 5.91 Å². The monoisotopic (exact) mass is 377 g/mol. The number of fused-ring (bicyclic) bond motifs is 3. The van der Waals surface area contributed by atoms with Gasteiger partial charge in [-0.1, -0.05) is 30.0 Å². The van der Waals surface area contributed by atoms with E-state index in [0.29, 0.717) is 16.4 Å². The van der Waals surface area contributed by atoms with E-state index in [0.717, 1.165) is 27.7 Å². The Morgan fingerprint density at radius 3 is 2.70 bits per heavy atom. The molecule has 0 saturated carbocycles. The maximum atomic E-state index is 12.4. The van der Waals surface area contributed by atoms with Crippen LogP contribution in [0.2, 0.25) is 0 Å². The number of aryl methyl sites for hydroxylation is 3. The molecule has 5 nitrogen and oxygen atoms in total. The molecule has 2 aromatic heterocycles. The van der Waals surface area contributed by atoms with Crippen molar-refractivity contribution in [1.82, 2.24) is 9.97 Å². The van der Waals surface area contributed by atoms with Crippen molar-refractivity contribution in [2.45, 2.75) is 25.8 Å². The van der Waals surface area contributed by atoms with Crippen molar-refractivity contribution in [2.75, 3.05) is 11.1 Å². The molecule has 4 aromatic rings. The van der Waals surface area contributed by atoms with Crippen molar-refractivity contribution in [2.24, 2.45) is 0 Å². The number of nitrogens with one attached hydrogen (secondary N) is 1. The molecule has 4 rings (SSSR count). The molecule has 0 aliphatic rings. The fraction of sp³-hybridized carbons (Fsp3) is 0.190. The Bertz CT molecular complexity index is 1170. The third kappa shape index (κ3) is 3.53. The molecule has 27 heavy (non-hydrogen) atoms. The predicted octanol–water partition coefficient (Wildman–Crippen LogP) is 5.03. The minimum atomic E-state index is -0.0798. The van der Waals surface area contributed by atoms with E-state index in [9.17, 15) is 4.79 Å². The summed E-state index contributed by atoms with van der Waals surface area (Å²) in [5.41, 5.74) is 5.34.